The fourth-order valence-electron chi connectivity index (χ4n) is 3.99. The average Bonchev–Trinajstić information content (AvgIpc) is 2.67. The maximum Gasteiger partial charge on any atom is 0.267 e. The number of nitrogens with zero attached hydrogens (tertiary/aromatic N) is 6. The molecule has 3 heterocycles. The van der Waals surface area contributed by atoms with Crippen LogP contribution in [-0.4, -0.2) is 62.3 Å². The summed E-state index contributed by atoms with van der Waals surface area (Å²) < 4.78 is 1.67. The topological polar surface area (TPSA) is 67.2 Å². The smallest absolute Gasteiger partial charge is 0.267 e. The Bertz CT molecular complexity index is 841. The van der Waals surface area contributed by atoms with Crippen LogP contribution in [0.5, 0.6) is 0 Å². The monoisotopic (exact) mass is 368 g/mol. The zero-order valence-electron chi connectivity index (χ0n) is 16.1. The second-order valence-corrected chi connectivity index (χ2v) is 7.60. The van der Waals surface area contributed by atoms with Gasteiger partial charge in [0, 0.05) is 51.5 Å². The van der Waals surface area contributed by atoms with Crippen LogP contribution in [0, 0.1) is 6.92 Å². The summed E-state index contributed by atoms with van der Waals surface area (Å²) in [5.74, 6) is 0.828. The molecule has 0 spiro atoms. The number of piperazine rings is 1. The second-order valence-electron chi connectivity index (χ2n) is 7.60. The third kappa shape index (κ3) is 4.59. The van der Waals surface area contributed by atoms with E-state index in [0.29, 0.717) is 6.54 Å². The van der Waals surface area contributed by atoms with Crippen molar-refractivity contribution in [2.45, 2.75) is 45.7 Å². The van der Waals surface area contributed by atoms with Crippen LogP contribution in [0.2, 0.25) is 0 Å². The Morgan fingerprint density at radius 1 is 1.04 bits per heavy atom. The highest BCUT2D eigenvalue weighted by atomic mass is 16.1. The van der Waals surface area contributed by atoms with Crippen LogP contribution >= 0.6 is 0 Å². The minimum atomic E-state index is 0.0495. The summed E-state index contributed by atoms with van der Waals surface area (Å²) in [6.45, 7) is 8.45. The molecule has 4 rings (SSSR count). The Morgan fingerprint density at radius 2 is 1.81 bits per heavy atom. The third-order valence-electron chi connectivity index (χ3n) is 5.59. The summed E-state index contributed by atoms with van der Waals surface area (Å²) in [7, 11) is 0. The van der Waals surface area contributed by atoms with Crippen molar-refractivity contribution >= 4 is 0 Å². The van der Waals surface area contributed by atoms with Gasteiger partial charge in [0.15, 0.2) is 0 Å². The van der Waals surface area contributed by atoms with Gasteiger partial charge in [-0.2, -0.15) is 5.10 Å². The average molecular weight is 368 g/mol. The van der Waals surface area contributed by atoms with E-state index in [-0.39, 0.29) is 5.56 Å². The maximum atomic E-state index is 12.3. The van der Waals surface area contributed by atoms with Gasteiger partial charge in [0.05, 0.1) is 17.9 Å². The molecule has 0 radical (unpaired) electrons. The first-order valence-corrected chi connectivity index (χ1v) is 10.0. The van der Waals surface area contributed by atoms with Crippen molar-refractivity contribution < 1.29 is 0 Å². The molecule has 144 valence electrons. The first kappa shape index (κ1) is 18.3. The van der Waals surface area contributed by atoms with Gasteiger partial charge in [0.2, 0.25) is 0 Å². The van der Waals surface area contributed by atoms with Gasteiger partial charge in [-0.05, 0) is 44.2 Å². The molecule has 1 fully saturated rings. The summed E-state index contributed by atoms with van der Waals surface area (Å²) >= 11 is 0. The Morgan fingerprint density at radius 3 is 2.63 bits per heavy atom. The zero-order chi connectivity index (χ0) is 18.6. The van der Waals surface area contributed by atoms with Gasteiger partial charge in [0.25, 0.3) is 5.56 Å². The Hall–Kier alpha value is -2.12. The van der Waals surface area contributed by atoms with Crippen molar-refractivity contribution in [1.29, 1.82) is 0 Å². The van der Waals surface area contributed by atoms with Crippen molar-refractivity contribution in [3.8, 4) is 0 Å². The van der Waals surface area contributed by atoms with Gasteiger partial charge in [0.1, 0.15) is 5.82 Å². The second kappa shape index (κ2) is 8.27. The van der Waals surface area contributed by atoms with E-state index in [4.69, 9.17) is 0 Å². The molecule has 0 unspecified atom stereocenters. The Labute approximate surface area is 160 Å². The van der Waals surface area contributed by atoms with E-state index in [1.807, 2.05) is 25.3 Å². The number of fused-ring (bicyclic) bond motifs is 1. The number of aryl methyl sites for hydroxylation is 3. The molecule has 0 atom stereocenters. The molecule has 0 amide bonds. The lowest BCUT2D eigenvalue weighted by atomic mass is 9.97. The molecular weight excluding hydrogens is 340 g/mol. The maximum absolute atomic E-state index is 12.3. The van der Waals surface area contributed by atoms with Gasteiger partial charge >= 0.3 is 0 Å². The predicted molar refractivity (Wildman–Crippen MR) is 104 cm³/mol. The van der Waals surface area contributed by atoms with E-state index in [1.54, 1.807) is 4.68 Å². The summed E-state index contributed by atoms with van der Waals surface area (Å²) in [6.07, 6.45) is 6.21. The highest BCUT2D eigenvalue weighted by molar-refractivity contribution is 5.20. The molecule has 7 nitrogen and oxygen atoms in total. The lowest BCUT2D eigenvalue weighted by molar-refractivity contribution is 0.121. The molecule has 7 heteroatoms. The highest BCUT2D eigenvalue weighted by Crippen LogP contribution is 2.16. The van der Waals surface area contributed by atoms with Crippen LogP contribution < -0.4 is 5.56 Å². The molecule has 0 N–H and O–H groups in total. The third-order valence-corrected chi connectivity index (χ3v) is 5.59. The molecule has 1 aliphatic heterocycles. The molecule has 2 aromatic heterocycles. The van der Waals surface area contributed by atoms with Crippen molar-refractivity contribution in [1.82, 2.24) is 29.5 Å². The fraction of sp³-hybridized carbons (Fsp3) is 0.600. The zero-order valence-corrected chi connectivity index (χ0v) is 16.1. The summed E-state index contributed by atoms with van der Waals surface area (Å²) in [5.41, 5.74) is 3.43. The molecule has 0 aromatic carbocycles. The minimum Gasteiger partial charge on any atom is -0.299 e. The number of aromatic nitrogens is 4. The van der Waals surface area contributed by atoms with Gasteiger partial charge in [-0.25, -0.2) is 14.6 Å². The molecule has 0 saturated carbocycles. The van der Waals surface area contributed by atoms with Gasteiger partial charge in [-0.1, -0.05) is 0 Å². The van der Waals surface area contributed by atoms with Crippen molar-refractivity contribution in [3.63, 3.8) is 0 Å². The SMILES string of the molecule is Cc1nccc(CN2CCN(CCn3nc4c(cc3=O)CCCC4)CC2)n1. The van der Waals surface area contributed by atoms with Crippen LogP contribution in [-0.2, 0) is 25.9 Å². The summed E-state index contributed by atoms with van der Waals surface area (Å²) in [4.78, 5) is 25.8. The van der Waals surface area contributed by atoms with E-state index in [9.17, 15) is 4.79 Å². The van der Waals surface area contributed by atoms with Crippen LogP contribution in [0.4, 0.5) is 0 Å². The molecule has 1 saturated heterocycles. The van der Waals surface area contributed by atoms with Gasteiger partial charge in [-0.15, -0.1) is 0 Å². The minimum absolute atomic E-state index is 0.0495. The molecule has 27 heavy (non-hydrogen) atoms. The van der Waals surface area contributed by atoms with E-state index in [2.05, 4.69) is 24.9 Å². The molecule has 1 aliphatic carbocycles. The van der Waals surface area contributed by atoms with Crippen LogP contribution in [0.15, 0.2) is 23.1 Å². The fourth-order valence-corrected chi connectivity index (χ4v) is 3.99. The predicted octanol–water partition coefficient (Wildman–Crippen LogP) is 1.04. The van der Waals surface area contributed by atoms with Gasteiger partial charge < -0.3 is 0 Å². The molecule has 0 bridgehead atoms. The highest BCUT2D eigenvalue weighted by Gasteiger charge is 2.18. The van der Waals surface area contributed by atoms with Crippen LogP contribution in [0.3, 0.4) is 0 Å². The first-order valence-electron chi connectivity index (χ1n) is 10.0. The van der Waals surface area contributed by atoms with Crippen LogP contribution in [0.25, 0.3) is 0 Å². The van der Waals surface area contributed by atoms with Crippen molar-refractivity contribution in [3.05, 3.63) is 51.5 Å². The number of rotatable bonds is 5. The largest absolute Gasteiger partial charge is 0.299 e. The quantitative estimate of drug-likeness (QED) is 0.786. The van der Waals surface area contributed by atoms with Crippen LogP contribution in [0.1, 0.15) is 35.6 Å². The van der Waals surface area contributed by atoms with E-state index in [0.717, 1.165) is 74.9 Å². The van der Waals surface area contributed by atoms with E-state index < -0.39 is 0 Å². The molecule has 2 aromatic rings. The molecule has 2 aliphatic rings. The normalized spacial score (nSPS) is 18.4. The Balaban J connectivity index is 1.28. The van der Waals surface area contributed by atoms with Crippen molar-refractivity contribution in [2.24, 2.45) is 0 Å². The van der Waals surface area contributed by atoms with Crippen molar-refractivity contribution in [2.75, 3.05) is 32.7 Å². The van der Waals surface area contributed by atoms with E-state index >= 15 is 0 Å². The Kier molecular flexibility index (Phi) is 5.59. The lowest BCUT2D eigenvalue weighted by Crippen LogP contribution is -2.47. The lowest BCUT2D eigenvalue weighted by Gasteiger charge is -2.34. The van der Waals surface area contributed by atoms with Gasteiger partial charge in [-0.3, -0.25) is 14.6 Å². The summed E-state index contributed by atoms with van der Waals surface area (Å²) in [6, 6.07) is 3.80. The number of hydrogen-bond acceptors (Lipinski definition) is 6. The van der Waals surface area contributed by atoms with E-state index in [1.165, 1.54) is 12.8 Å². The summed E-state index contributed by atoms with van der Waals surface area (Å²) in [5, 5.41) is 4.63. The standard InChI is InChI=1S/C20H28N6O/c1-16-21-7-6-18(22-16)15-25-10-8-24(9-11-25)12-13-26-20(27)14-17-4-2-3-5-19(17)23-26/h6-7,14H,2-5,8-13,15H2,1H3. The first-order chi connectivity index (χ1) is 13.2. The number of hydrogen-bond donors (Lipinski definition) is 0. The molecular formula is C20H28N6O.